The lowest BCUT2D eigenvalue weighted by Crippen LogP contribution is -1.99. The second-order valence-electron chi connectivity index (χ2n) is 5.92. The maximum atomic E-state index is 5.89. The van der Waals surface area contributed by atoms with Crippen LogP contribution in [0.25, 0.3) is 5.69 Å². The van der Waals surface area contributed by atoms with Gasteiger partial charge in [-0.25, -0.2) is 4.98 Å². The fourth-order valence-corrected chi connectivity index (χ4v) is 4.36. The zero-order chi connectivity index (χ0) is 20.1. The molecule has 6 nitrogen and oxygen atoms in total. The molecule has 2 heterocycles. The van der Waals surface area contributed by atoms with Gasteiger partial charge in [-0.15, -0.1) is 21.5 Å². The third-order valence-electron chi connectivity index (χ3n) is 3.99. The van der Waals surface area contributed by atoms with Crippen molar-refractivity contribution in [3.63, 3.8) is 0 Å². The maximum Gasteiger partial charge on any atom is 0.196 e. The topological polar surface area (TPSA) is 62.1 Å². The number of para-hydroxylation sites is 2. The summed E-state index contributed by atoms with van der Waals surface area (Å²) < 4.78 is 13.1. The van der Waals surface area contributed by atoms with Gasteiger partial charge in [0.2, 0.25) is 0 Å². The minimum atomic E-state index is 0.425. The van der Waals surface area contributed by atoms with E-state index < -0.39 is 0 Å². The highest BCUT2D eigenvalue weighted by Gasteiger charge is 2.12. The number of benzene rings is 2. The van der Waals surface area contributed by atoms with Crippen molar-refractivity contribution in [2.75, 3.05) is 7.11 Å². The second-order valence-corrected chi connectivity index (χ2v) is 8.24. The summed E-state index contributed by atoms with van der Waals surface area (Å²) >= 11 is 9.04. The van der Waals surface area contributed by atoms with Gasteiger partial charge in [0.1, 0.15) is 29.4 Å². The van der Waals surface area contributed by atoms with Crippen LogP contribution in [0.2, 0.25) is 5.02 Å². The second kappa shape index (κ2) is 9.30. The zero-order valence-corrected chi connectivity index (χ0v) is 17.9. The van der Waals surface area contributed by atoms with Crippen LogP contribution in [0, 0.1) is 0 Å². The normalized spacial score (nSPS) is 10.8. The van der Waals surface area contributed by atoms with Crippen molar-refractivity contribution < 1.29 is 9.47 Å². The molecule has 0 fully saturated rings. The Bertz CT molecular complexity index is 1080. The quantitative estimate of drug-likeness (QED) is 0.345. The van der Waals surface area contributed by atoms with Crippen LogP contribution >= 0.6 is 34.7 Å². The van der Waals surface area contributed by atoms with E-state index in [1.54, 1.807) is 48.7 Å². The lowest BCUT2D eigenvalue weighted by molar-refractivity contribution is 0.305. The lowest BCUT2D eigenvalue weighted by atomic mass is 10.3. The van der Waals surface area contributed by atoms with Crippen molar-refractivity contribution in [1.29, 1.82) is 0 Å². The third-order valence-corrected chi connectivity index (χ3v) is 6.09. The number of methoxy groups -OCH3 is 1. The molecule has 0 aliphatic carbocycles. The molecule has 0 N–H and O–H groups in total. The van der Waals surface area contributed by atoms with E-state index in [2.05, 4.69) is 15.2 Å². The van der Waals surface area contributed by atoms with Gasteiger partial charge < -0.3 is 9.47 Å². The Balaban J connectivity index is 1.38. The van der Waals surface area contributed by atoms with Crippen molar-refractivity contribution in [3.05, 3.63) is 76.0 Å². The minimum absolute atomic E-state index is 0.425. The van der Waals surface area contributed by atoms with Crippen LogP contribution in [-0.4, -0.2) is 26.9 Å². The van der Waals surface area contributed by atoms with Crippen molar-refractivity contribution in [2.45, 2.75) is 17.5 Å². The van der Waals surface area contributed by atoms with Gasteiger partial charge in [-0.2, -0.15) is 0 Å². The first-order valence-corrected chi connectivity index (χ1v) is 10.9. The van der Waals surface area contributed by atoms with Crippen LogP contribution in [0.1, 0.15) is 10.7 Å². The summed E-state index contributed by atoms with van der Waals surface area (Å²) in [6, 6.07) is 15.1. The standard InChI is InChI=1S/C20H17ClN4O2S2/c1-26-18-5-3-2-4-17(18)25-13-22-24-20(25)29-12-15-11-28-19(23-15)10-27-16-8-6-14(21)7-9-16/h2-9,11,13H,10,12H2,1H3. The van der Waals surface area contributed by atoms with Gasteiger partial charge in [-0.3, -0.25) is 4.57 Å². The summed E-state index contributed by atoms with van der Waals surface area (Å²) in [5.41, 5.74) is 1.88. The fraction of sp³-hybridized carbons (Fsp3) is 0.150. The number of thioether (sulfide) groups is 1. The molecule has 2 aromatic carbocycles. The van der Waals surface area contributed by atoms with E-state index in [-0.39, 0.29) is 0 Å². The van der Waals surface area contributed by atoms with E-state index >= 15 is 0 Å². The van der Waals surface area contributed by atoms with Crippen LogP contribution in [-0.2, 0) is 12.4 Å². The third kappa shape index (κ3) is 4.90. The Morgan fingerprint density at radius 1 is 1.14 bits per heavy atom. The van der Waals surface area contributed by atoms with Crippen LogP contribution in [0.15, 0.2) is 65.4 Å². The molecule has 0 aliphatic rings. The first-order valence-electron chi connectivity index (χ1n) is 8.71. The van der Waals surface area contributed by atoms with Gasteiger partial charge in [0, 0.05) is 16.2 Å². The molecule has 0 saturated heterocycles. The van der Waals surface area contributed by atoms with E-state index in [1.807, 2.05) is 46.3 Å². The monoisotopic (exact) mass is 444 g/mol. The molecule has 9 heteroatoms. The number of thiazole rings is 1. The van der Waals surface area contributed by atoms with E-state index in [1.165, 1.54) is 0 Å². The van der Waals surface area contributed by atoms with E-state index in [9.17, 15) is 0 Å². The Morgan fingerprint density at radius 2 is 1.97 bits per heavy atom. The Hall–Kier alpha value is -2.55. The van der Waals surface area contributed by atoms with Crippen LogP contribution in [0.5, 0.6) is 11.5 Å². The highest BCUT2D eigenvalue weighted by Crippen LogP contribution is 2.28. The summed E-state index contributed by atoms with van der Waals surface area (Å²) in [6.07, 6.45) is 1.69. The van der Waals surface area contributed by atoms with Gasteiger partial charge >= 0.3 is 0 Å². The van der Waals surface area contributed by atoms with Crippen molar-refractivity contribution in [1.82, 2.24) is 19.7 Å². The maximum absolute atomic E-state index is 5.89. The molecule has 4 rings (SSSR count). The van der Waals surface area contributed by atoms with Crippen LogP contribution < -0.4 is 9.47 Å². The summed E-state index contributed by atoms with van der Waals surface area (Å²) in [7, 11) is 1.65. The average molecular weight is 445 g/mol. The molecule has 0 amide bonds. The van der Waals surface area contributed by atoms with Crippen molar-refractivity contribution in [2.24, 2.45) is 0 Å². The summed E-state index contributed by atoms with van der Waals surface area (Å²) in [5, 5.41) is 12.7. The van der Waals surface area contributed by atoms with Crippen molar-refractivity contribution in [3.8, 4) is 17.2 Å². The number of rotatable bonds is 8. The van der Waals surface area contributed by atoms with Gasteiger partial charge in [0.25, 0.3) is 0 Å². The SMILES string of the molecule is COc1ccccc1-n1cnnc1SCc1csc(COc2ccc(Cl)cc2)n1. The molecular weight excluding hydrogens is 428 g/mol. The van der Waals surface area contributed by atoms with Gasteiger partial charge in [-0.05, 0) is 36.4 Å². The van der Waals surface area contributed by atoms with E-state index in [0.717, 1.165) is 33.0 Å². The molecular formula is C20H17ClN4O2S2. The number of nitrogens with zero attached hydrogens (tertiary/aromatic N) is 4. The Morgan fingerprint density at radius 3 is 2.79 bits per heavy atom. The average Bonchev–Trinajstić information content (AvgIpc) is 3.41. The number of hydrogen-bond acceptors (Lipinski definition) is 7. The number of ether oxygens (including phenoxy) is 2. The molecule has 2 aromatic heterocycles. The minimum Gasteiger partial charge on any atom is -0.495 e. The lowest BCUT2D eigenvalue weighted by Gasteiger charge is -2.10. The predicted octanol–water partition coefficient (Wildman–Crippen LogP) is 5.26. The molecule has 29 heavy (non-hydrogen) atoms. The van der Waals surface area contributed by atoms with Crippen LogP contribution in [0.3, 0.4) is 0 Å². The predicted molar refractivity (Wildman–Crippen MR) is 115 cm³/mol. The molecule has 0 bridgehead atoms. The first kappa shape index (κ1) is 19.8. The summed E-state index contributed by atoms with van der Waals surface area (Å²) in [5.74, 6) is 2.22. The Labute approximate surface area is 181 Å². The first-order chi connectivity index (χ1) is 14.2. The molecule has 0 spiro atoms. The molecule has 148 valence electrons. The highest BCUT2D eigenvalue weighted by molar-refractivity contribution is 7.98. The van der Waals surface area contributed by atoms with E-state index in [0.29, 0.717) is 17.4 Å². The molecule has 0 aliphatic heterocycles. The van der Waals surface area contributed by atoms with E-state index in [4.69, 9.17) is 21.1 Å². The largest absolute Gasteiger partial charge is 0.495 e. The summed E-state index contributed by atoms with van der Waals surface area (Å²) in [6.45, 7) is 0.425. The smallest absolute Gasteiger partial charge is 0.196 e. The van der Waals surface area contributed by atoms with Gasteiger partial charge in [-0.1, -0.05) is 35.5 Å². The fourth-order valence-electron chi connectivity index (χ4n) is 2.61. The molecule has 0 atom stereocenters. The molecule has 4 aromatic rings. The number of halogens is 1. The van der Waals surface area contributed by atoms with Crippen molar-refractivity contribution >= 4 is 34.7 Å². The zero-order valence-electron chi connectivity index (χ0n) is 15.5. The van der Waals surface area contributed by atoms with Crippen LogP contribution in [0.4, 0.5) is 0 Å². The van der Waals surface area contributed by atoms with Gasteiger partial charge in [0.05, 0.1) is 18.5 Å². The molecule has 0 unspecified atom stereocenters. The molecule has 0 radical (unpaired) electrons. The highest BCUT2D eigenvalue weighted by atomic mass is 35.5. The van der Waals surface area contributed by atoms with Gasteiger partial charge in [0.15, 0.2) is 5.16 Å². The molecule has 0 saturated carbocycles. The number of hydrogen-bond donors (Lipinski definition) is 0. The number of aromatic nitrogens is 4. The Kier molecular flexibility index (Phi) is 6.33. The summed E-state index contributed by atoms with van der Waals surface area (Å²) in [4.78, 5) is 4.64.